The number of amides is 2. The third kappa shape index (κ3) is 8.07. The summed E-state index contributed by atoms with van der Waals surface area (Å²) in [5.74, 6) is -1.87. The number of benzene rings is 2. The smallest absolute Gasteiger partial charge is 0.328 e. The second-order valence-electron chi connectivity index (χ2n) is 7.20. The number of carbonyl (C=O) groups is 3. The summed E-state index contributed by atoms with van der Waals surface area (Å²) >= 11 is 0. The molecule has 0 aliphatic heterocycles. The summed E-state index contributed by atoms with van der Waals surface area (Å²) in [5, 5.41) is 27.0. The number of nitro groups is 2. The molecule has 2 amide bonds. The number of methoxy groups -OCH3 is 1. The highest BCUT2D eigenvalue weighted by molar-refractivity contribution is 5.94. The molecule has 0 heterocycles. The molecule has 0 saturated heterocycles. The van der Waals surface area contributed by atoms with Gasteiger partial charge in [0.25, 0.3) is 5.69 Å². The molecule has 0 aliphatic rings. The lowest BCUT2D eigenvalue weighted by Crippen LogP contribution is -2.43. The van der Waals surface area contributed by atoms with Crippen LogP contribution < -0.4 is 15.4 Å². The second-order valence-corrected chi connectivity index (χ2v) is 7.20. The number of nitrogens with zero attached hydrogens (tertiary/aromatic N) is 2. The Labute approximate surface area is 199 Å². The fraction of sp³-hybridized carbons (Fsp3) is 0.318. The molecule has 2 rings (SSSR count). The maximum atomic E-state index is 12.4. The Hall–Kier alpha value is -4.55. The molecular formula is C22H24N4O9. The number of nitrogens with one attached hydrogen (secondary N) is 2. The fourth-order valence-corrected chi connectivity index (χ4v) is 3.09. The number of non-ortho nitro benzene ring substituents is 1. The average molecular weight is 488 g/mol. The van der Waals surface area contributed by atoms with Crippen molar-refractivity contribution in [2.24, 2.45) is 0 Å². The minimum Gasteiger partial charge on any atom is -0.490 e. The average Bonchev–Trinajstić information content (AvgIpc) is 2.82. The molecule has 2 N–H and O–H groups in total. The van der Waals surface area contributed by atoms with E-state index < -0.39 is 33.7 Å². The molecule has 0 saturated carbocycles. The summed E-state index contributed by atoms with van der Waals surface area (Å²) in [6.07, 6.45) is -0.618. The van der Waals surface area contributed by atoms with Gasteiger partial charge in [0.15, 0.2) is 5.75 Å². The number of rotatable bonds is 12. The number of nitro benzene ring substituents is 2. The predicted octanol–water partition coefficient (Wildman–Crippen LogP) is 2.52. The molecular weight excluding hydrogens is 464 g/mol. The van der Waals surface area contributed by atoms with Gasteiger partial charge >= 0.3 is 11.7 Å². The summed E-state index contributed by atoms with van der Waals surface area (Å²) in [4.78, 5) is 57.8. The van der Waals surface area contributed by atoms with Gasteiger partial charge in [-0.2, -0.15) is 0 Å². The molecule has 0 bridgehead atoms. The van der Waals surface area contributed by atoms with Gasteiger partial charge in [-0.1, -0.05) is 12.1 Å². The minimum absolute atomic E-state index is 0.0465. The van der Waals surface area contributed by atoms with Crippen LogP contribution in [0.3, 0.4) is 0 Å². The van der Waals surface area contributed by atoms with E-state index in [4.69, 9.17) is 9.47 Å². The summed E-state index contributed by atoms with van der Waals surface area (Å²) < 4.78 is 9.95. The standard InChI is InChI=1S/C22H24N4O9/c1-3-35-22(29)17(11-14-7-8-19(34-2)18(12-14)26(32)33)24-21(28)10-9-20(27)23-15-5-4-6-16(13-15)25(30)31/h4-8,12-13,17H,3,9-11H2,1-2H3,(H,23,27)(H,24,28)/t17-/m1/s1. The molecule has 0 aromatic heterocycles. The Morgan fingerprint density at radius 1 is 1.00 bits per heavy atom. The fourth-order valence-electron chi connectivity index (χ4n) is 3.09. The maximum absolute atomic E-state index is 12.4. The van der Waals surface area contributed by atoms with Gasteiger partial charge in [0, 0.05) is 43.1 Å². The Balaban J connectivity index is 2.02. The highest BCUT2D eigenvalue weighted by Gasteiger charge is 2.25. The van der Waals surface area contributed by atoms with Crippen molar-refractivity contribution in [2.45, 2.75) is 32.2 Å². The van der Waals surface area contributed by atoms with Crippen molar-refractivity contribution in [3.05, 3.63) is 68.3 Å². The van der Waals surface area contributed by atoms with Gasteiger partial charge in [0.05, 0.1) is 23.6 Å². The van der Waals surface area contributed by atoms with Crippen LogP contribution in [0.25, 0.3) is 0 Å². The Morgan fingerprint density at radius 3 is 2.34 bits per heavy atom. The Morgan fingerprint density at radius 2 is 1.71 bits per heavy atom. The van der Waals surface area contributed by atoms with E-state index in [0.717, 1.165) is 0 Å². The number of carbonyl (C=O) groups excluding carboxylic acids is 3. The van der Waals surface area contributed by atoms with E-state index >= 15 is 0 Å². The first-order valence-corrected chi connectivity index (χ1v) is 10.5. The summed E-state index contributed by atoms with van der Waals surface area (Å²) in [7, 11) is 1.29. The number of ether oxygens (including phenoxy) is 2. The first-order chi connectivity index (χ1) is 16.6. The monoisotopic (exact) mass is 488 g/mol. The molecule has 13 nitrogen and oxygen atoms in total. The van der Waals surface area contributed by atoms with Crippen molar-refractivity contribution >= 4 is 34.8 Å². The van der Waals surface area contributed by atoms with Crippen LogP contribution >= 0.6 is 0 Å². The summed E-state index contributed by atoms with van der Waals surface area (Å²) in [5.41, 5.74) is 0.0997. The molecule has 0 unspecified atom stereocenters. The molecule has 0 spiro atoms. The molecule has 2 aromatic carbocycles. The van der Waals surface area contributed by atoms with E-state index in [1.807, 2.05) is 0 Å². The SMILES string of the molecule is CCOC(=O)[C@@H](Cc1ccc(OC)c([N+](=O)[O-])c1)NC(=O)CCC(=O)Nc1cccc([N+](=O)[O-])c1. The van der Waals surface area contributed by atoms with Gasteiger partial charge in [-0.25, -0.2) is 4.79 Å². The molecule has 0 radical (unpaired) electrons. The van der Waals surface area contributed by atoms with E-state index in [0.29, 0.717) is 5.56 Å². The Kier molecular flexibility index (Phi) is 9.63. The van der Waals surface area contributed by atoms with Gasteiger partial charge in [0.1, 0.15) is 6.04 Å². The van der Waals surface area contributed by atoms with Crippen LogP contribution in [0.1, 0.15) is 25.3 Å². The molecule has 186 valence electrons. The lowest BCUT2D eigenvalue weighted by molar-refractivity contribution is -0.385. The highest BCUT2D eigenvalue weighted by Crippen LogP contribution is 2.28. The lowest BCUT2D eigenvalue weighted by atomic mass is 10.0. The highest BCUT2D eigenvalue weighted by atomic mass is 16.6. The van der Waals surface area contributed by atoms with Crippen molar-refractivity contribution in [3.63, 3.8) is 0 Å². The van der Waals surface area contributed by atoms with Gasteiger partial charge in [-0.15, -0.1) is 0 Å². The maximum Gasteiger partial charge on any atom is 0.328 e. The van der Waals surface area contributed by atoms with Crippen molar-refractivity contribution in [2.75, 3.05) is 19.0 Å². The second kappa shape index (κ2) is 12.6. The quantitative estimate of drug-likeness (QED) is 0.258. The van der Waals surface area contributed by atoms with Gasteiger partial charge in [-0.3, -0.25) is 29.8 Å². The molecule has 0 aliphatic carbocycles. The van der Waals surface area contributed by atoms with Crippen LogP contribution in [0.2, 0.25) is 0 Å². The molecule has 1 atom stereocenters. The van der Waals surface area contributed by atoms with E-state index in [1.165, 1.54) is 49.6 Å². The van der Waals surface area contributed by atoms with E-state index in [2.05, 4.69) is 10.6 Å². The molecule has 13 heteroatoms. The minimum atomic E-state index is -1.14. The van der Waals surface area contributed by atoms with Crippen molar-refractivity contribution in [1.82, 2.24) is 5.32 Å². The zero-order valence-corrected chi connectivity index (χ0v) is 19.0. The summed E-state index contributed by atoms with van der Waals surface area (Å²) in [6, 6.07) is 8.34. The zero-order chi connectivity index (χ0) is 26.0. The van der Waals surface area contributed by atoms with Crippen molar-refractivity contribution in [1.29, 1.82) is 0 Å². The largest absolute Gasteiger partial charge is 0.490 e. The van der Waals surface area contributed by atoms with Crippen LogP contribution in [0.5, 0.6) is 5.75 Å². The third-order valence-electron chi connectivity index (χ3n) is 4.71. The number of hydrogen-bond donors (Lipinski definition) is 2. The predicted molar refractivity (Wildman–Crippen MR) is 123 cm³/mol. The van der Waals surface area contributed by atoms with Crippen LogP contribution in [0.4, 0.5) is 17.1 Å². The molecule has 2 aromatic rings. The number of anilines is 1. The first-order valence-electron chi connectivity index (χ1n) is 10.5. The summed E-state index contributed by atoms with van der Waals surface area (Å²) in [6.45, 7) is 1.65. The molecule has 0 fully saturated rings. The van der Waals surface area contributed by atoms with E-state index in [-0.39, 0.29) is 48.7 Å². The number of esters is 1. The van der Waals surface area contributed by atoms with E-state index in [1.54, 1.807) is 6.92 Å². The van der Waals surface area contributed by atoms with Crippen molar-refractivity contribution in [3.8, 4) is 5.75 Å². The van der Waals surface area contributed by atoms with E-state index in [9.17, 15) is 34.6 Å². The van der Waals surface area contributed by atoms with Gasteiger partial charge in [-0.05, 0) is 24.6 Å². The third-order valence-corrected chi connectivity index (χ3v) is 4.71. The topological polar surface area (TPSA) is 180 Å². The number of hydrogen-bond acceptors (Lipinski definition) is 9. The molecule has 35 heavy (non-hydrogen) atoms. The van der Waals surface area contributed by atoms with Crippen LogP contribution in [-0.2, 0) is 25.5 Å². The van der Waals surface area contributed by atoms with Crippen LogP contribution in [0, 0.1) is 20.2 Å². The first kappa shape index (κ1) is 26.7. The zero-order valence-electron chi connectivity index (χ0n) is 19.0. The normalized spacial score (nSPS) is 11.1. The van der Waals surface area contributed by atoms with Gasteiger partial charge < -0.3 is 20.1 Å². The van der Waals surface area contributed by atoms with Crippen LogP contribution in [0.15, 0.2) is 42.5 Å². The van der Waals surface area contributed by atoms with Crippen LogP contribution in [-0.4, -0.2) is 47.4 Å². The Bertz CT molecular complexity index is 1120. The van der Waals surface area contributed by atoms with Gasteiger partial charge in [0.2, 0.25) is 11.8 Å². The lowest BCUT2D eigenvalue weighted by Gasteiger charge is -2.17. The van der Waals surface area contributed by atoms with Crippen molar-refractivity contribution < 1.29 is 33.7 Å².